The van der Waals surface area contributed by atoms with Crippen molar-refractivity contribution in [3.8, 4) is 0 Å². The lowest BCUT2D eigenvalue weighted by Gasteiger charge is -2.28. The van der Waals surface area contributed by atoms with Gasteiger partial charge in [-0.2, -0.15) is 0 Å². The summed E-state index contributed by atoms with van der Waals surface area (Å²) in [6.07, 6.45) is 0.957. The lowest BCUT2D eigenvalue weighted by atomic mass is 9.93. The SMILES string of the molecule is CN(C)CC(C)(C)CNS(=O)(=O)c1ccc2c(c1)NCC2. The molecular formula is C15H25N3O2S. The van der Waals surface area contributed by atoms with E-state index in [1.807, 2.05) is 20.2 Å². The molecule has 118 valence electrons. The first-order valence-corrected chi connectivity index (χ1v) is 8.69. The summed E-state index contributed by atoms with van der Waals surface area (Å²) in [4.78, 5) is 2.39. The van der Waals surface area contributed by atoms with Gasteiger partial charge in [-0.3, -0.25) is 0 Å². The summed E-state index contributed by atoms with van der Waals surface area (Å²) in [5.41, 5.74) is 2.00. The van der Waals surface area contributed by atoms with Crippen LogP contribution < -0.4 is 10.0 Å². The molecule has 0 saturated carbocycles. The fourth-order valence-electron chi connectivity index (χ4n) is 2.72. The molecule has 6 heteroatoms. The van der Waals surface area contributed by atoms with Gasteiger partial charge in [-0.1, -0.05) is 19.9 Å². The molecule has 0 saturated heterocycles. The van der Waals surface area contributed by atoms with Crippen LogP contribution in [0, 0.1) is 5.41 Å². The number of fused-ring (bicyclic) bond motifs is 1. The lowest BCUT2D eigenvalue weighted by Crippen LogP contribution is -2.39. The first-order valence-electron chi connectivity index (χ1n) is 7.21. The summed E-state index contributed by atoms with van der Waals surface area (Å²) in [5.74, 6) is 0. The smallest absolute Gasteiger partial charge is 0.240 e. The number of hydrogen-bond donors (Lipinski definition) is 2. The van der Waals surface area contributed by atoms with Crippen LogP contribution in [0.15, 0.2) is 23.1 Å². The van der Waals surface area contributed by atoms with Gasteiger partial charge in [0.15, 0.2) is 0 Å². The summed E-state index contributed by atoms with van der Waals surface area (Å²) in [6.45, 7) is 6.22. The molecule has 0 aromatic heterocycles. The highest BCUT2D eigenvalue weighted by Gasteiger charge is 2.24. The molecule has 1 heterocycles. The highest BCUT2D eigenvalue weighted by Crippen LogP contribution is 2.25. The number of benzene rings is 1. The Balaban J connectivity index is 2.08. The van der Waals surface area contributed by atoms with Crippen LogP contribution in [0.25, 0.3) is 0 Å². The maximum absolute atomic E-state index is 12.4. The Hall–Kier alpha value is -1.11. The van der Waals surface area contributed by atoms with E-state index in [-0.39, 0.29) is 5.41 Å². The number of anilines is 1. The van der Waals surface area contributed by atoms with Crippen LogP contribution in [0.5, 0.6) is 0 Å². The molecule has 21 heavy (non-hydrogen) atoms. The largest absolute Gasteiger partial charge is 0.384 e. The van der Waals surface area contributed by atoms with Crippen LogP contribution in [0.4, 0.5) is 5.69 Å². The fourth-order valence-corrected chi connectivity index (χ4v) is 3.99. The van der Waals surface area contributed by atoms with E-state index in [9.17, 15) is 8.42 Å². The second-order valence-electron chi connectivity index (χ2n) is 6.72. The van der Waals surface area contributed by atoms with Gasteiger partial charge in [0.1, 0.15) is 0 Å². The Morgan fingerprint density at radius 3 is 2.71 bits per heavy atom. The number of sulfonamides is 1. The third-order valence-corrected chi connectivity index (χ3v) is 4.99. The van der Waals surface area contributed by atoms with E-state index >= 15 is 0 Å². The summed E-state index contributed by atoms with van der Waals surface area (Å²) >= 11 is 0. The van der Waals surface area contributed by atoms with Gasteiger partial charge in [-0.05, 0) is 43.6 Å². The minimum atomic E-state index is -3.46. The summed E-state index contributed by atoms with van der Waals surface area (Å²) in [5, 5.41) is 3.21. The molecule has 5 nitrogen and oxygen atoms in total. The van der Waals surface area contributed by atoms with E-state index in [1.165, 1.54) is 5.56 Å². The van der Waals surface area contributed by atoms with Crippen LogP contribution in [0.3, 0.4) is 0 Å². The highest BCUT2D eigenvalue weighted by atomic mass is 32.2. The molecule has 0 fully saturated rings. The number of rotatable bonds is 6. The van der Waals surface area contributed by atoms with E-state index in [0.717, 1.165) is 25.2 Å². The zero-order valence-electron chi connectivity index (χ0n) is 13.2. The maximum atomic E-state index is 12.4. The molecule has 0 spiro atoms. The topological polar surface area (TPSA) is 61.4 Å². The molecule has 1 aromatic rings. The van der Waals surface area contributed by atoms with Gasteiger partial charge in [0.05, 0.1) is 4.90 Å². The Morgan fingerprint density at radius 2 is 2.05 bits per heavy atom. The summed E-state index contributed by atoms with van der Waals surface area (Å²) < 4.78 is 27.6. The van der Waals surface area contributed by atoms with Crippen molar-refractivity contribution < 1.29 is 8.42 Å². The van der Waals surface area contributed by atoms with Crippen LogP contribution >= 0.6 is 0 Å². The molecule has 0 bridgehead atoms. The van der Waals surface area contributed by atoms with E-state index in [1.54, 1.807) is 12.1 Å². The van der Waals surface area contributed by atoms with Crippen molar-refractivity contribution in [2.75, 3.05) is 39.0 Å². The standard InChI is InChI=1S/C15H25N3O2S/c1-15(2,11-18(3)4)10-17-21(19,20)13-6-5-12-7-8-16-14(12)9-13/h5-6,9,16-17H,7-8,10-11H2,1-4H3. The molecule has 0 aliphatic carbocycles. The molecule has 1 aromatic carbocycles. The van der Waals surface area contributed by atoms with Crippen molar-refractivity contribution in [2.24, 2.45) is 5.41 Å². The van der Waals surface area contributed by atoms with Gasteiger partial charge < -0.3 is 10.2 Å². The Kier molecular flexibility index (Phi) is 4.60. The van der Waals surface area contributed by atoms with Gasteiger partial charge in [0.2, 0.25) is 10.0 Å². The summed E-state index contributed by atoms with van der Waals surface area (Å²) in [7, 11) is 0.518. The molecule has 1 aliphatic rings. The van der Waals surface area contributed by atoms with Crippen molar-refractivity contribution in [1.82, 2.24) is 9.62 Å². The lowest BCUT2D eigenvalue weighted by molar-refractivity contribution is 0.242. The number of nitrogens with zero attached hydrogens (tertiary/aromatic N) is 1. The zero-order valence-corrected chi connectivity index (χ0v) is 14.0. The molecule has 0 atom stereocenters. The van der Waals surface area contributed by atoms with E-state index in [0.29, 0.717) is 11.4 Å². The Bertz CT molecular complexity index is 609. The van der Waals surface area contributed by atoms with Gasteiger partial charge in [0, 0.05) is 25.3 Å². The molecule has 1 aliphatic heterocycles. The minimum absolute atomic E-state index is 0.119. The minimum Gasteiger partial charge on any atom is -0.384 e. The van der Waals surface area contributed by atoms with E-state index < -0.39 is 10.0 Å². The van der Waals surface area contributed by atoms with Gasteiger partial charge in [0.25, 0.3) is 0 Å². The molecular weight excluding hydrogens is 286 g/mol. The van der Waals surface area contributed by atoms with Crippen molar-refractivity contribution in [3.63, 3.8) is 0 Å². The number of nitrogens with one attached hydrogen (secondary N) is 2. The molecule has 0 amide bonds. The monoisotopic (exact) mass is 311 g/mol. The molecule has 0 unspecified atom stereocenters. The van der Waals surface area contributed by atoms with Crippen LogP contribution in [0.1, 0.15) is 19.4 Å². The predicted molar refractivity (Wildman–Crippen MR) is 86.2 cm³/mol. The predicted octanol–water partition coefficient (Wildman–Crippen LogP) is 1.52. The third kappa shape index (κ3) is 4.18. The summed E-state index contributed by atoms with van der Waals surface area (Å²) in [6, 6.07) is 5.31. The van der Waals surface area contributed by atoms with Gasteiger partial charge >= 0.3 is 0 Å². The van der Waals surface area contributed by atoms with Crippen molar-refractivity contribution in [2.45, 2.75) is 25.2 Å². The van der Waals surface area contributed by atoms with Gasteiger partial charge in [-0.25, -0.2) is 13.1 Å². The van der Waals surface area contributed by atoms with Crippen LogP contribution in [-0.2, 0) is 16.4 Å². The second kappa shape index (κ2) is 5.94. The molecule has 2 rings (SSSR count). The quantitative estimate of drug-likeness (QED) is 0.836. The molecule has 0 radical (unpaired) electrons. The van der Waals surface area contributed by atoms with Crippen molar-refractivity contribution in [3.05, 3.63) is 23.8 Å². The van der Waals surface area contributed by atoms with Crippen molar-refractivity contribution >= 4 is 15.7 Å². The Morgan fingerprint density at radius 1 is 1.33 bits per heavy atom. The highest BCUT2D eigenvalue weighted by molar-refractivity contribution is 7.89. The van der Waals surface area contributed by atoms with Crippen LogP contribution in [-0.4, -0.2) is 47.0 Å². The van der Waals surface area contributed by atoms with E-state index in [2.05, 4.69) is 28.8 Å². The van der Waals surface area contributed by atoms with Crippen LogP contribution in [0.2, 0.25) is 0 Å². The third-order valence-electron chi connectivity index (χ3n) is 3.59. The Labute approximate surface area is 127 Å². The average Bonchev–Trinajstić information content (AvgIpc) is 2.82. The first-order chi connectivity index (χ1) is 9.70. The second-order valence-corrected chi connectivity index (χ2v) is 8.49. The van der Waals surface area contributed by atoms with Gasteiger partial charge in [-0.15, -0.1) is 0 Å². The van der Waals surface area contributed by atoms with E-state index in [4.69, 9.17) is 0 Å². The average molecular weight is 311 g/mol. The fraction of sp³-hybridized carbons (Fsp3) is 0.600. The molecule has 2 N–H and O–H groups in total. The number of hydrogen-bond acceptors (Lipinski definition) is 4. The normalized spacial score (nSPS) is 15.1. The van der Waals surface area contributed by atoms with Crippen molar-refractivity contribution in [1.29, 1.82) is 0 Å². The maximum Gasteiger partial charge on any atom is 0.240 e. The first kappa shape index (κ1) is 16.3. The zero-order chi connectivity index (χ0) is 15.7.